The van der Waals surface area contributed by atoms with E-state index in [4.69, 9.17) is 0 Å². The largest absolute Gasteiger partial charge is 0.345 e. The third kappa shape index (κ3) is 1.94. The van der Waals surface area contributed by atoms with Crippen LogP contribution in [-0.4, -0.2) is 50.7 Å². The maximum atomic E-state index is 11.6. The van der Waals surface area contributed by atoms with Crippen molar-refractivity contribution < 1.29 is 4.79 Å². The number of hydrogen-bond donors (Lipinski definition) is 0. The van der Waals surface area contributed by atoms with Crippen LogP contribution in [0.25, 0.3) is 0 Å². The highest BCUT2D eigenvalue weighted by atomic mass is 32.2. The normalized spacial score (nSPS) is 24.9. The summed E-state index contributed by atoms with van der Waals surface area (Å²) in [4.78, 5) is 13.4. The second kappa shape index (κ2) is 4.33. The van der Waals surface area contributed by atoms with Crippen LogP contribution < -0.4 is 0 Å². The van der Waals surface area contributed by atoms with Crippen molar-refractivity contribution in [1.29, 1.82) is 0 Å². The molecule has 5 nitrogen and oxygen atoms in total. The van der Waals surface area contributed by atoms with Gasteiger partial charge in [-0.2, -0.15) is 11.8 Å². The number of carbonyl (C=O) groups is 1. The third-order valence-corrected chi connectivity index (χ3v) is 4.46. The number of nitrogens with zero attached hydrogens (tertiary/aromatic N) is 4. The quantitative estimate of drug-likeness (QED) is 0.731. The number of likely N-dealkylation sites (tertiary alicyclic amines) is 1. The fraction of sp³-hybridized carbons (Fsp3) is 0.727. The monoisotopic (exact) mass is 252 g/mol. The third-order valence-electron chi connectivity index (χ3n) is 3.49. The van der Waals surface area contributed by atoms with Crippen molar-refractivity contribution in [3.05, 3.63) is 11.6 Å². The van der Waals surface area contributed by atoms with Gasteiger partial charge in [-0.05, 0) is 0 Å². The molecule has 6 heteroatoms. The number of thioether (sulfide) groups is 1. The first-order chi connectivity index (χ1) is 8.25. The van der Waals surface area contributed by atoms with Crippen molar-refractivity contribution >= 4 is 17.7 Å². The Bertz CT molecular complexity index is 445. The number of aromatic nitrogens is 3. The van der Waals surface area contributed by atoms with Crippen molar-refractivity contribution in [3.63, 3.8) is 0 Å². The zero-order chi connectivity index (χ0) is 11.8. The molecule has 3 heterocycles. The molecule has 1 amide bonds. The van der Waals surface area contributed by atoms with Crippen LogP contribution >= 0.6 is 11.8 Å². The molecule has 1 aromatic rings. The predicted octanol–water partition coefficient (Wildman–Crippen LogP) is 0.513. The highest BCUT2D eigenvalue weighted by Crippen LogP contribution is 2.27. The Morgan fingerprint density at radius 3 is 3.00 bits per heavy atom. The molecule has 0 aliphatic carbocycles. The summed E-state index contributed by atoms with van der Waals surface area (Å²) in [6.45, 7) is 1.76. The predicted molar refractivity (Wildman–Crippen MR) is 66.0 cm³/mol. The van der Waals surface area contributed by atoms with E-state index >= 15 is 0 Å². The summed E-state index contributed by atoms with van der Waals surface area (Å²) < 4.78 is 2.23. The fourth-order valence-electron chi connectivity index (χ4n) is 2.54. The number of hydrogen-bond acceptors (Lipinski definition) is 4. The molecule has 2 aliphatic rings. The van der Waals surface area contributed by atoms with Crippen LogP contribution in [0, 0.1) is 0 Å². The minimum Gasteiger partial charge on any atom is -0.345 e. The van der Waals surface area contributed by atoms with Crippen molar-refractivity contribution in [2.45, 2.75) is 25.3 Å². The van der Waals surface area contributed by atoms with Gasteiger partial charge in [0, 0.05) is 50.4 Å². The van der Waals surface area contributed by atoms with Gasteiger partial charge in [0.15, 0.2) is 0 Å². The Labute approximate surface area is 105 Å². The summed E-state index contributed by atoms with van der Waals surface area (Å²) >= 11 is 1.96. The number of amides is 1. The summed E-state index contributed by atoms with van der Waals surface area (Å²) in [6.07, 6.45) is 1.58. The molecule has 1 saturated heterocycles. The molecule has 0 N–H and O–H groups in total. The lowest BCUT2D eigenvalue weighted by molar-refractivity contribution is -0.126. The van der Waals surface area contributed by atoms with Gasteiger partial charge in [-0.1, -0.05) is 0 Å². The number of carbonyl (C=O) groups excluding carboxylic acids is 1. The molecule has 2 aliphatic heterocycles. The van der Waals surface area contributed by atoms with Gasteiger partial charge in [0.05, 0.1) is 0 Å². The maximum Gasteiger partial charge on any atom is 0.223 e. The van der Waals surface area contributed by atoms with Gasteiger partial charge >= 0.3 is 0 Å². The van der Waals surface area contributed by atoms with Crippen molar-refractivity contribution in [2.75, 3.05) is 25.1 Å². The van der Waals surface area contributed by atoms with Crippen molar-refractivity contribution in [1.82, 2.24) is 19.7 Å². The smallest absolute Gasteiger partial charge is 0.223 e. The first-order valence-electron chi connectivity index (χ1n) is 5.99. The van der Waals surface area contributed by atoms with Gasteiger partial charge in [-0.3, -0.25) is 4.79 Å². The van der Waals surface area contributed by atoms with Crippen LogP contribution in [0.2, 0.25) is 0 Å². The van der Waals surface area contributed by atoms with Gasteiger partial charge < -0.3 is 9.47 Å². The van der Waals surface area contributed by atoms with E-state index in [9.17, 15) is 4.79 Å². The van der Waals surface area contributed by atoms with E-state index in [1.54, 1.807) is 4.90 Å². The van der Waals surface area contributed by atoms with E-state index in [1.165, 1.54) is 0 Å². The zero-order valence-corrected chi connectivity index (χ0v) is 10.7. The molecule has 1 unspecified atom stereocenters. The second-order valence-corrected chi connectivity index (χ2v) is 5.89. The van der Waals surface area contributed by atoms with Crippen molar-refractivity contribution in [2.24, 2.45) is 0 Å². The van der Waals surface area contributed by atoms with E-state index in [1.807, 2.05) is 18.8 Å². The van der Waals surface area contributed by atoms with E-state index in [-0.39, 0.29) is 11.8 Å². The van der Waals surface area contributed by atoms with Crippen LogP contribution in [0.3, 0.4) is 0 Å². The molecule has 1 fully saturated rings. The average Bonchev–Trinajstić information content (AvgIpc) is 2.76. The fourth-order valence-corrected chi connectivity index (χ4v) is 3.38. The summed E-state index contributed by atoms with van der Waals surface area (Å²) in [6, 6.07) is 0. The van der Waals surface area contributed by atoms with E-state index < -0.39 is 0 Å². The summed E-state index contributed by atoms with van der Waals surface area (Å²) in [5.74, 6) is 4.80. The molecule has 1 atom stereocenters. The van der Waals surface area contributed by atoms with Crippen molar-refractivity contribution in [3.8, 4) is 0 Å². The standard InChI is InChI=1S/C11H16N4OS/c1-14-7-8(6-10(14)16)11-13-12-9-2-4-17-5-3-15(9)11/h8H,2-7H2,1H3. The summed E-state index contributed by atoms with van der Waals surface area (Å²) in [7, 11) is 1.86. The Balaban J connectivity index is 1.89. The second-order valence-electron chi connectivity index (χ2n) is 4.66. The van der Waals surface area contributed by atoms with Gasteiger partial charge in [-0.15, -0.1) is 10.2 Å². The van der Waals surface area contributed by atoms with Crippen LogP contribution in [0.15, 0.2) is 0 Å². The van der Waals surface area contributed by atoms with Crippen LogP contribution in [0.1, 0.15) is 24.0 Å². The zero-order valence-electron chi connectivity index (χ0n) is 9.93. The Morgan fingerprint density at radius 1 is 1.35 bits per heavy atom. The Hall–Kier alpha value is -1.04. The van der Waals surface area contributed by atoms with Crippen LogP contribution in [0.5, 0.6) is 0 Å². The molecule has 0 bridgehead atoms. The van der Waals surface area contributed by atoms with Gasteiger partial charge in [0.25, 0.3) is 0 Å². The van der Waals surface area contributed by atoms with E-state index in [2.05, 4.69) is 14.8 Å². The Morgan fingerprint density at radius 2 is 2.24 bits per heavy atom. The lowest BCUT2D eigenvalue weighted by Crippen LogP contribution is -2.19. The topological polar surface area (TPSA) is 51.0 Å². The number of rotatable bonds is 1. The Kier molecular flexibility index (Phi) is 2.82. The molecule has 1 aromatic heterocycles. The van der Waals surface area contributed by atoms with E-state index in [0.29, 0.717) is 6.42 Å². The number of fused-ring (bicyclic) bond motifs is 1. The lowest BCUT2D eigenvalue weighted by Gasteiger charge is -2.11. The highest BCUT2D eigenvalue weighted by molar-refractivity contribution is 7.99. The van der Waals surface area contributed by atoms with Crippen LogP contribution in [0.4, 0.5) is 0 Å². The number of likely N-dealkylation sites (N-methyl/N-ethyl adjacent to an activating group) is 1. The van der Waals surface area contributed by atoms with Gasteiger partial charge in [0.1, 0.15) is 11.6 Å². The molecule has 0 spiro atoms. The highest BCUT2D eigenvalue weighted by Gasteiger charge is 2.32. The minimum atomic E-state index is 0.218. The first kappa shape index (κ1) is 11.1. The molecule has 17 heavy (non-hydrogen) atoms. The SMILES string of the molecule is CN1CC(c2nnc3n2CCSCC3)CC1=O. The van der Waals surface area contributed by atoms with Gasteiger partial charge in [0.2, 0.25) is 5.91 Å². The molecule has 3 rings (SSSR count). The molecule has 0 radical (unpaired) electrons. The first-order valence-corrected chi connectivity index (χ1v) is 7.15. The van der Waals surface area contributed by atoms with Gasteiger partial charge in [-0.25, -0.2) is 0 Å². The number of aryl methyl sites for hydroxylation is 1. The molecule has 92 valence electrons. The molecular formula is C11H16N4OS. The molecular weight excluding hydrogens is 236 g/mol. The maximum absolute atomic E-state index is 11.6. The lowest BCUT2D eigenvalue weighted by atomic mass is 10.1. The van der Waals surface area contributed by atoms with E-state index in [0.717, 1.165) is 42.7 Å². The minimum absolute atomic E-state index is 0.218. The van der Waals surface area contributed by atoms with Crippen LogP contribution in [-0.2, 0) is 17.8 Å². The molecule has 0 saturated carbocycles. The molecule has 0 aromatic carbocycles. The summed E-state index contributed by atoms with van der Waals surface area (Å²) in [5, 5.41) is 8.60. The average molecular weight is 252 g/mol. The summed E-state index contributed by atoms with van der Waals surface area (Å²) in [5.41, 5.74) is 0.